The minimum Gasteiger partial charge on any atom is -0.493 e. The van der Waals surface area contributed by atoms with Gasteiger partial charge in [-0.15, -0.1) is 0 Å². The third-order valence-electron chi connectivity index (χ3n) is 4.55. The fraction of sp³-hybridized carbons (Fsp3) is 0.381. The van der Waals surface area contributed by atoms with Crippen molar-refractivity contribution in [3.05, 3.63) is 41.4 Å². The number of amides is 1. The number of hydrogen-bond acceptors (Lipinski definition) is 6. The quantitative estimate of drug-likeness (QED) is 0.487. The fourth-order valence-electron chi connectivity index (χ4n) is 2.90. The Kier molecular flexibility index (Phi) is 8.55. The maximum Gasteiger partial charge on any atom is 0.265 e. The summed E-state index contributed by atoms with van der Waals surface area (Å²) in [5, 5.41) is 12.4. The number of methoxy groups -OCH3 is 1. The Bertz CT molecular complexity index is 1030. The third-order valence-corrected chi connectivity index (χ3v) is 6.26. The van der Waals surface area contributed by atoms with Crippen LogP contribution in [-0.2, 0) is 14.8 Å². The van der Waals surface area contributed by atoms with Gasteiger partial charge in [-0.05, 0) is 37.1 Å². The first-order valence-electron chi connectivity index (χ1n) is 9.68. The smallest absolute Gasteiger partial charge is 0.265 e. The zero-order valence-corrected chi connectivity index (χ0v) is 19.4. The summed E-state index contributed by atoms with van der Waals surface area (Å²) in [6, 6.07) is 8.93. The van der Waals surface area contributed by atoms with Crippen molar-refractivity contribution in [1.82, 2.24) is 0 Å². The van der Waals surface area contributed by atoms with Crippen molar-refractivity contribution in [3.63, 3.8) is 0 Å². The van der Waals surface area contributed by atoms with Crippen LogP contribution in [0.2, 0.25) is 5.02 Å². The highest BCUT2D eigenvalue weighted by atomic mass is 35.5. The predicted octanol–water partition coefficient (Wildman–Crippen LogP) is 3.75. The van der Waals surface area contributed by atoms with Gasteiger partial charge >= 0.3 is 0 Å². The first-order chi connectivity index (χ1) is 14.6. The van der Waals surface area contributed by atoms with E-state index in [1.807, 2.05) is 13.8 Å². The van der Waals surface area contributed by atoms with Crippen molar-refractivity contribution < 1.29 is 27.8 Å². The van der Waals surface area contributed by atoms with E-state index in [1.54, 1.807) is 19.1 Å². The second-order valence-corrected chi connectivity index (χ2v) is 9.10. The summed E-state index contributed by atoms with van der Waals surface area (Å²) in [4.78, 5) is 12.3. The molecule has 0 unspecified atom stereocenters. The van der Waals surface area contributed by atoms with Gasteiger partial charge in [-0.3, -0.25) is 9.52 Å². The summed E-state index contributed by atoms with van der Waals surface area (Å²) < 4.78 is 39.3. The van der Waals surface area contributed by atoms with Crippen molar-refractivity contribution in [1.29, 1.82) is 0 Å². The van der Waals surface area contributed by atoms with Crippen molar-refractivity contribution in [2.75, 3.05) is 30.4 Å². The molecule has 31 heavy (non-hydrogen) atoms. The Morgan fingerprint density at radius 1 is 1.23 bits per heavy atom. The van der Waals surface area contributed by atoms with Crippen molar-refractivity contribution in [2.24, 2.45) is 11.8 Å². The van der Waals surface area contributed by atoms with Gasteiger partial charge in [-0.25, -0.2) is 8.42 Å². The van der Waals surface area contributed by atoms with Crippen molar-refractivity contribution in [3.8, 4) is 11.5 Å². The summed E-state index contributed by atoms with van der Waals surface area (Å²) in [6.07, 6.45) is 0. The van der Waals surface area contributed by atoms with Crippen molar-refractivity contribution in [2.45, 2.75) is 25.7 Å². The molecule has 8 nitrogen and oxygen atoms in total. The molecule has 1 atom stereocenters. The lowest BCUT2D eigenvalue weighted by Crippen LogP contribution is -2.29. The number of ether oxygens (including phenoxy) is 2. The van der Waals surface area contributed by atoms with E-state index >= 15 is 0 Å². The van der Waals surface area contributed by atoms with Gasteiger partial charge in [-0.2, -0.15) is 0 Å². The molecule has 0 spiro atoms. The first kappa shape index (κ1) is 24.8. The summed E-state index contributed by atoms with van der Waals surface area (Å²) in [5.41, 5.74) is 0.532. The molecule has 1 amide bonds. The lowest BCUT2D eigenvalue weighted by atomic mass is 9.96. The number of para-hydroxylation sites is 1. The monoisotopic (exact) mass is 470 g/mol. The van der Waals surface area contributed by atoms with Crippen LogP contribution in [0.4, 0.5) is 11.4 Å². The Hall–Kier alpha value is -2.49. The maximum absolute atomic E-state index is 13.0. The summed E-state index contributed by atoms with van der Waals surface area (Å²) in [7, 11) is -2.67. The molecule has 3 N–H and O–H groups in total. The van der Waals surface area contributed by atoms with E-state index < -0.39 is 15.9 Å². The van der Waals surface area contributed by atoms with Gasteiger partial charge in [-0.1, -0.05) is 31.5 Å². The Morgan fingerprint density at radius 3 is 2.52 bits per heavy atom. The van der Waals surface area contributed by atoms with Crippen molar-refractivity contribution >= 4 is 38.9 Å². The molecule has 0 bridgehead atoms. The maximum atomic E-state index is 13.0. The van der Waals surface area contributed by atoms with E-state index in [0.29, 0.717) is 5.69 Å². The van der Waals surface area contributed by atoms with Gasteiger partial charge in [0.05, 0.1) is 37.0 Å². The molecule has 0 aromatic heterocycles. The van der Waals surface area contributed by atoms with E-state index in [1.165, 1.54) is 31.4 Å². The molecule has 0 heterocycles. The Labute approximate surface area is 187 Å². The molecule has 0 aliphatic heterocycles. The molecule has 0 radical (unpaired) electrons. The van der Waals surface area contributed by atoms with Crippen LogP contribution >= 0.6 is 11.6 Å². The molecule has 2 rings (SSSR count). The number of halogens is 1. The summed E-state index contributed by atoms with van der Waals surface area (Å²) in [5.74, 6) is -0.752. The van der Waals surface area contributed by atoms with Crippen LogP contribution in [-0.4, -0.2) is 39.8 Å². The van der Waals surface area contributed by atoms with Crippen LogP contribution in [0, 0.1) is 11.8 Å². The molecule has 10 heteroatoms. The van der Waals surface area contributed by atoms with E-state index in [9.17, 15) is 18.3 Å². The number of aliphatic hydroxyl groups is 1. The van der Waals surface area contributed by atoms with Crippen LogP contribution in [0.5, 0.6) is 11.5 Å². The molecule has 2 aromatic carbocycles. The van der Waals surface area contributed by atoms with Gasteiger partial charge in [0.15, 0.2) is 5.75 Å². The number of sulfonamides is 1. The molecule has 0 aliphatic carbocycles. The number of hydrogen-bond donors (Lipinski definition) is 3. The van der Waals surface area contributed by atoms with Gasteiger partial charge < -0.3 is 19.9 Å². The van der Waals surface area contributed by atoms with E-state index in [4.69, 9.17) is 21.1 Å². The van der Waals surface area contributed by atoms with E-state index in [-0.39, 0.29) is 52.1 Å². The number of carbonyl (C=O) groups excluding carboxylic acids is 1. The lowest BCUT2D eigenvalue weighted by molar-refractivity contribution is -0.122. The number of aliphatic hydroxyl groups excluding tert-OH is 1. The molecular weight excluding hydrogens is 444 g/mol. The van der Waals surface area contributed by atoms with Crippen LogP contribution in [0.15, 0.2) is 41.3 Å². The van der Waals surface area contributed by atoms with Gasteiger partial charge in [0.25, 0.3) is 10.0 Å². The molecule has 0 aliphatic rings. The standard InChI is InChI=1S/C21H27ClN2O6S/c1-5-30-18-11-14(23-21(26)15(12-25)13(2)3)9-10-19(18)31(27,28)24-17-8-6-7-16(22)20(17)29-4/h6-11,13,15,24-25H,5,12H2,1-4H3,(H,23,26)/t15-/m0/s1. The van der Waals surface area contributed by atoms with Crippen LogP contribution < -0.4 is 19.5 Å². The van der Waals surface area contributed by atoms with Gasteiger partial charge in [0.2, 0.25) is 5.91 Å². The number of nitrogens with one attached hydrogen (secondary N) is 2. The van der Waals surface area contributed by atoms with Crippen LogP contribution in [0.1, 0.15) is 20.8 Å². The Morgan fingerprint density at radius 2 is 1.94 bits per heavy atom. The number of benzene rings is 2. The number of anilines is 2. The van der Waals surface area contributed by atoms with E-state index in [0.717, 1.165) is 0 Å². The molecule has 0 saturated carbocycles. The lowest BCUT2D eigenvalue weighted by Gasteiger charge is -2.19. The largest absolute Gasteiger partial charge is 0.493 e. The SMILES string of the molecule is CCOc1cc(NC(=O)[C@@H](CO)C(C)C)ccc1S(=O)(=O)Nc1cccc(Cl)c1OC. The second kappa shape index (κ2) is 10.7. The average Bonchev–Trinajstić information content (AvgIpc) is 2.68. The highest BCUT2D eigenvalue weighted by Gasteiger charge is 2.25. The average molecular weight is 471 g/mol. The minimum absolute atomic E-state index is 0.0621. The molecule has 2 aromatic rings. The summed E-state index contributed by atoms with van der Waals surface area (Å²) in [6.45, 7) is 5.30. The normalized spacial score (nSPS) is 12.4. The van der Waals surface area contributed by atoms with Crippen LogP contribution in [0.25, 0.3) is 0 Å². The third kappa shape index (κ3) is 6.03. The highest BCUT2D eigenvalue weighted by molar-refractivity contribution is 7.92. The second-order valence-electron chi connectivity index (χ2n) is 7.04. The fourth-order valence-corrected chi connectivity index (χ4v) is 4.35. The molecular formula is C21H27ClN2O6S. The first-order valence-corrected chi connectivity index (χ1v) is 11.5. The van der Waals surface area contributed by atoms with Crippen LogP contribution in [0.3, 0.4) is 0 Å². The zero-order chi connectivity index (χ0) is 23.2. The van der Waals surface area contributed by atoms with Gasteiger partial charge in [0.1, 0.15) is 10.6 Å². The van der Waals surface area contributed by atoms with Gasteiger partial charge in [0, 0.05) is 11.8 Å². The van der Waals surface area contributed by atoms with E-state index in [2.05, 4.69) is 10.0 Å². The molecule has 0 fully saturated rings. The zero-order valence-electron chi connectivity index (χ0n) is 17.8. The number of carbonyl (C=O) groups is 1. The predicted molar refractivity (Wildman–Crippen MR) is 120 cm³/mol. The highest BCUT2D eigenvalue weighted by Crippen LogP contribution is 2.36. The molecule has 170 valence electrons. The number of rotatable bonds is 10. The topological polar surface area (TPSA) is 114 Å². The summed E-state index contributed by atoms with van der Waals surface area (Å²) >= 11 is 6.07. The molecule has 0 saturated heterocycles. The Balaban J connectivity index is 2.38. The minimum atomic E-state index is -4.06.